The summed E-state index contributed by atoms with van der Waals surface area (Å²) in [4.78, 5) is 12.6. The summed E-state index contributed by atoms with van der Waals surface area (Å²) in [6.07, 6.45) is 3.36. The van der Waals surface area contributed by atoms with Gasteiger partial charge in [-0.15, -0.1) is 0 Å². The molecule has 0 spiro atoms. The first-order chi connectivity index (χ1) is 12.1. The van der Waals surface area contributed by atoms with Crippen LogP contribution in [0.3, 0.4) is 0 Å². The Morgan fingerprint density at radius 3 is 2.52 bits per heavy atom. The van der Waals surface area contributed by atoms with Crippen LogP contribution in [0, 0.1) is 5.92 Å². The van der Waals surface area contributed by atoms with E-state index in [0.29, 0.717) is 33.0 Å². The number of carbonyl (C=O) groups is 1. The number of nitrogens with one attached hydrogen (secondary N) is 1. The van der Waals surface area contributed by atoms with E-state index in [-0.39, 0.29) is 17.2 Å². The molecule has 1 aromatic rings. The molecule has 1 atom stereocenters. The highest BCUT2D eigenvalue weighted by Gasteiger charge is 2.37. The van der Waals surface area contributed by atoms with Crippen molar-refractivity contribution in [1.29, 1.82) is 0 Å². The Morgan fingerprint density at radius 1 is 1.20 bits per heavy atom. The zero-order valence-electron chi connectivity index (χ0n) is 14.5. The van der Waals surface area contributed by atoms with Crippen molar-refractivity contribution >= 4 is 17.5 Å². The van der Waals surface area contributed by atoms with Gasteiger partial charge in [0.25, 0.3) is 0 Å². The minimum absolute atomic E-state index is 0.0789. The molecule has 25 heavy (non-hydrogen) atoms. The van der Waals surface area contributed by atoms with Gasteiger partial charge in [0.05, 0.1) is 6.04 Å². The van der Waals surface area contributed by atoms with E-state index in [1.165, 1.54) is 0 Å². The van der Waals surface area contributed by atoms with Crippen molar-refractivity contribution < 1.29 is 14.3 Å². The molecule has 138 valence electrons. The van der Waals surface area contributed by atoms with Crippen LogP contribution < -0.4 is 11.1 Å². The monoisotopic (exact) mass is 366 g/mol. The number of halogens is 1. The van der Waals surface area contributed by atoms with Crippen molar-refractivity contribution in [3.8, 4) is 0 Å². The highest BCUT2D eigenvalue weighted by molar-refractivity contribution is 6.31. The van der Waals surface area contributed by atoms with Crippen LogP contribution in [0.4, 0.5) is 0 Å². The molecule has 0 radical (unpaired) electrons. The zero-order chi connectivity index (χ0) is 17.7. The number of hydrogen-bond acceptors (Lipinski definition) is 4. The Balaban J connectivity index is 1.69. The Bertz CT molecular complexity index is 584. The first-order valence-electron chi connectivity index (χ1n) is 9.06. The van der Waals surface area contributed by atoms with E-state index in [9.17, 15) is 4.79 Å². The molecule has 2 fully saturated rings. The Morgan fingerprint density at radius 2 is 1.84 bits per heavy atom. The van der Waals surface area contributed by atoms with E-state index < -0.39 is 6.04 Å². The van der Waals surface area contributed by atoms with Gasteiger partial charge in [0, 0.05) is 43.4 Å². The van der Waals surface area contributed by atoms with Gasteiger partial charge in [0.2, 0.25) is 5.91 Å². The number of rotatable bonds is 5. The predicted molar refractivity (Wildman–Crippen MR) is 97.7 cm³/mol. The van der Waals surface area contributed by atoms with Crippen molar-refractivity contribution in [3.05, 3.63) is 34.9 Å². The number of carbonyl (C=O) groups excluding carboxylic acids is 1. The molecule has 3 rings (SSSR count). The number of ether oxygens (including phenoxy) is 2. The van der Waals surface area contributed by atoms with Crippen molar-refractivity contribution in [1.82, 2.24) is 5.32 Å². The van der Waals surface area contributed by atoms with E-state index in [4.69, 9.17) is 26.8 Å². The fraction of sp³-hybridized carbons (Fsp3) is 0.632. The summed E-state index contributed by atoms with van der Waals surface area (Å²) in [5.74, 6) is 0.115. The first-order valence-corrected chi connectivity index (χ1v) is 9.44. The number of benzene rings is 1. The summed E-state index contributed by atoms with van der Waals surface area (Å²) < 4.78 is 10.9. The van der Waals surface area contributed by atoms with Crippen LogP contribution in [0.5, 0.6) is 0 Å². The van der Waals surface area contributed by atoms with Crippen LogP contribution >= 0.6 is 11.6 Å². The van der Waals surface area contributed by atoms with Crippen LogP contribution in [0.2, 0.25) is 5.02 Å². The second-order valence-corrected chi connectivity index (χ2v) is 7.47. The Kier molecular flexibility index (Phi) is 6.34. The molecule has 5 nitrogen and oxygen atoms in total. The molecule has 1 amide bonds. The Labute approximate surface area is 154 Å². The zero-order valence-corrected chi connectivity index (χ0v) is 15.3. The molecule has 3 N–H and O–H groups in total. The van der Waals surface area contributed by atoms with Gasteiger partial charge in [0.1, 0.15) is 0 Å². The average molecular weight is 367 g/mol. The van der Waals surface area contributed by atoms with E-state index in [1.807, 2.05) is 18.2 Å². The maximum atomic E-state index is 12.6. The van der Waals surface area contributed by atoms with Gasteiger partial charge in [0.15, 0.2) is 0 Å². The number of nitrogens with two attached hydrogens (primary N) is 1. The van der Waals surface area contributed by atoms with Gasteiger partial charge in [-0.3, -0.25) is 4.79 Å². The van der Waals surface area contributed by atoms with E-state index in [2.05, 4.69) is 11.4 Å². The fourth-order valence-corrected chi connectivity index (χ4v) is 4.19. The second kappa shape index (κ2) is 8.49. The molecular formula is C19H27ClN2O3. The average Bonchev–Trinajstić information content (AvgIpc) is 2.67. The molecule has 0 aromatic heterocycles. The van der Waals surface area contributed by atoms with Crippen LogP contribution in [0.15, 0.2) is 24.3 Å². The first kappa shape index (κ1) is 18.6. The maximum Gasteiger partial charge on any atom is 0.237 e. The summed E-state index contributed by atoms with van der Waals surface area (Å²) in [5.41, 5.74) is 7.09. The normalized spacial score (nSPS) is 22.3. The number of hydrogen-bond donors (Lipinski definition) is 2. The molecule has 2 aliphatic heterocycles. The maximum absolute atomic E-state index is 12.6. The summed E-state index contributed by atoms with van der Waals surface area (Å²) >= 11 is 6.45. The van der Waals surface area contributed by atoms with Gasteiger partial charge < -0.3 is 20.5 Å². The molecule has 0 aliphatic carbocycles. The third-order valence-electron chi connectivity index (χ3n) is 5.57. The van der Waals surface area contributed by atoms with Gasteiger partial charge in [-0.1, -0.05) is 29.8 Å². The lowest BCUT2D eigenvalue weighted by atomic mass is 9.74. The molecular weight excluding hydrogens is 340 g/mol. The third kappa shape index (κ3) is 4.34. The fourth-order valence-electron chi connectivity index (χ4n) is 3.86. The second-order valence-electron chi connectivity index (χ2n) is 7.07. The van der Waals surface area contributed by atoms with Crippen LogP contribution in [0.25, 0.3) is 0 Å². The van der Waals surface area contributed by atoms with Crippen molar-refractivity contribution in [3.63, 3.8) is 0 Å². The molecule has 2 aliphatic rings. The molecule has 2 heterocycles. The summed E-state index contributed by atoms with van der Waals surface area (Å²) in [6.45, 7) is 3.26. The minimum Gasteiger partial charge on any atom is -0.381 e. The third-order valence-corrected chi connectivity index (χ3v) is 5.90. The topological polar surface area (TPSA) is 73.6 Å². The molecule has 0 bridgehead atoms. The predicted octanol–water partition coefficient (Wildman–Crippen LogP) is 2.26. The largest absolute Gasteiger partial charge is 0.381 e. The standard InChI is InChI=1S/C19H27ClN2O3/c20-16-4-2-1-3-15(16)19(7-11-25-12-8-19)13-22-18(23)17(21)14-5-9-24-10-6-14/h1-4,14,17H,5-13,21H2,(H,22,23). The number of amides is 1. The molecule has 1 unspecified atom stereocenters. The smallest absolute Gasteiger partial charge is 0.237 e. The van der Waals surface area contributed by atoms with E-state index >= 15 is 0 Å². The molecule has 1 aromatic carbocycles. The summed E-state index contributed by atoms with van der Waals surface area (Å²) in [5, 5.41) is 3.84. The minimum atomic E-state index is -0.480. The highest BCUT2D eigenvalue weighted by atomic mass is 35.5. The quantitative estimate of drug-likeness (QED) is 0.838. The van der Waals surface area contributed by atoms with Gasteiger partial charge in [-0.2, -0.15) is 0 Å². The Hall–Kier alpha value is -1.14. The van der Waals surface area contributed by atoms with Crippen molar-refractivity contribution in [2.75, 3.05) is 33.0 Å². The van der Waals surface area contributed by atoms with Gasteiger partial charge >= 0.3 is 0 Å². The van der Waals surface area contributed by atoms with Crippen LogP contribution in [-0.4, -0.2) is 44.9 Å². The molecule has 0 saturated carbocycles. The lowest BCUT2D eigenvalue weighted by Gasteiger charge is -2.39. The summed E-state index contributed by atoms with van der Waals surface area (Å²) in [7, 11) is 0. The van der Waals surface area contributed by atoms with Crippen LogP contribution in [-0.2, 0) is 19.7 Å². The van der Waals surface area contributed by atoms with Gasteiger partial charge in [-0.25, -0.2) is 0 Å². The van der Waals surface area contributed by atoms with Crippen LogP contribution in [0.1, 0.15) is 31.2 Å². The lowest BCUT2D eigenvalue weighted by Crippen LogP contribution is -2.51. The van der Waals surface area contributed by atoms with Crippen molar-refractivity contribution in [2.45, 2.75) is 37.1 Å². The molecule has 2 saturated heterocycles. The molecule has 6 heteroatoms. The summed E-state index contributed by atoms with van der Waals surface area (Å²) in [6, 6.07) is 7.40. The SMILES string of the molecule is NC(C(=O)NCC1(c2ccccc2Cl)CCOCC1)C1CCOCC1. The lowest BCUT2D eigenvalue weighted by molar-refractivity contribution is -0.124. The van der Waals surface area contributed by atoms with Crippen molar-refractivity contribution in [2.24, 2.45) is 11.7 Å². The van der Waals surface area contributed by atoms with E-state index in [0.717, 1.165) is 36.3 Å². The van der Waals surface area contributed by atoms with E-state index in [1.54, 1.807) is 0 Å². The highest BCUT2D eigenvalue weighted by Crippen LogP contribution is 2.38. The van der Waals surface area contributed by atoms with Gasteiger partial charge in [-0.05, 0) is 43.2 Å².